The van der Waals surface area contributed by atoms with Crippen molar-refractivity contribution in [2.75, 3.05) is 0 Å². The molecule has 0 unspecified atom stereocenters. The Labute approximate surface area is 90.6 Å². The van der Waals surface area contributed by atoms with E-state index in [2.05, 4.69) is 6.07 Å². The van der Waals surface area contributed by atoms with E-state index in [1.807, 2.05) is 36.4 Å². The molecular weight excluding hydrogens is 204 g/mol. The van der Waals surface area contributed by atoms with Gasteiger partial charge in [0.15, 0.2) is 5.43 Å². The van der Waals surface area contributed by atoms with Crippen LogP contribution in [0.1, 0.15) is 0 Å². The first-order chi connectivity index (χ1) is 7.36. The van der Waals surface area contributed by atoms with E-state index in [-0.39, 0.29) is 5.43 Å². The van der Waals surface area contributed by atoms with Crippen LogP contribution in [0.15, 0.2) is 47.3 Å². The number of rotatable bonds is 0. The minimum atomic E-state index is 0.0833. The van der Waals surface area contributed by atoms with E-state index < -0.39 is 0 Å². The highest BCUT2D eigenvalue weighted by Crippen LogP contribution is 2.23. The molecule has 1 radical (unpaired) electrons. The smallest absolute Gasteiger partial charge is 0.196 e. The van der Waals surface area contributed by atoms with Crippen LogP contribution in [0.4, 0.5) is 0 Å². The lowest BCUT2D eigenvalue weighted by Gasteiger charge is -1.98. The van der Waals surface area contributed by atoms with Gasteiger partial charge in [-0.3, -0.25) is 4.79 Å². The van der Waals surface area contributed by atoms with Crippen molar-refractivity contribution in [3.8, 4) is 0 Å². The Kier molecular flexibility index (Phi) is 1.82. The SMILES string of the molecule is O=c1c2[c]cccc2sc2ccccc12. The summed E-state index contributed by atoms with van der Waals surface area (Å²) >= 11 is 1.63. The first-order valence-electron chi connectivity index (χ1n) is 4.68. The van der Waals surface area contributed by atoms with Gasteiger partial charge in [-0.25, -0.2) is 0 Å². The molecule has 0 amide bonds. The second-order valence-electron chi connectivity index (χ2n) is 3.34. The van der Waals surface area contributed by atoms with Gasteiger partial charge < -0.3 is 0 Å². The van der Waals surface area contributed by atoms with Crippen molar-refractivity contribution < 1.29 is 0 Å². The molecule has 2 aromatic carbocycles. The van der Waals surface area contributed by atoms with Gasteiger partial charge in [0.25, 0.3) is 0 Å². The highest BCUT2D eigenvalue weighted by atomic mass is 32.1. The van der Waals surface area contributed by atoms with Gasteiger partial charge >= 0.3 is 0 Å². The van der Waals surface area contributed by atoms with Crippen molar-refractivity contribution in [1.29, 1.82) is 0 Å². The van der Waals surface area contributed by atoms with E-state index in [4.69, 9.17) is 0 Å². The summed E-state index contributed by atoms with van der Waals surface area (Å²) in [6.45, 7) is 0. The molecule has 1 aromatic heterocycles. The predicted octanol–water partition coefficient (Wildman–Crippen LogP) is 3.21. The zero-order chi connectivity index (χ0) is 10.3. The number of fused-ring (bicyclic) bond motifs is 2. The molecule has 0 N–H and O–H groups in total. The topological polar surface area (TPSA) is 17.1 Å². The number of hydrogen-bond donors (Lipinski definition) is 0. The third kappa shape index (κ3) is 1.26. The van der Waals surface area contributed by atoms with Crippen LogP contribution in [0, 0.1) is 6.07 Å². The van der Waals surface area contributed by atoms with Gasteiger partial charge in [-0.2, -0.15) is 0 Å². The van der Waals surface area contributed by atoms with Crippen LogP contribution in [0.2, 0.25) is 0 Å². The molecule has 0 saturated carbocycles. The van der Waals surface area contributed by atoms with Crippen molar-refractivity contribution in [3.63, 3.8) is 0 Å². The van der Waals surface area contributed by atoms with Crippen LogP contribution in [0.5, 0.6) is 0 Å². The molecule has 1 nitrogen and oxygen atoms in total. The Balaban J connectivity index is 2.66. The van der Waals surface area contributed by atoms with Gasteiger partial charge in [-0.15, -0.1) is 11.3 Å². The van der Waals surface area contributed by atoms with E-state index in [0.717, 1.165) is 14.8 Å². The van der Waals surface area contributed by atoms with Crippen LogP contribution in [-0.4, -0.2) is 0 Å². The van der Waals surface area contributed by atoms with Crippen LogP contribution in [0.25, 0.3) is 20.2 Å². The van der Waals surface area contributed by atoms with Crippen molar-refractivity contribution in [2.45, 2.75) is 0 Å². The minimum Gasteiger partial charge on any atom is -0.288 e. The molecule has 15 heavy (non-hydrogen) atoms. The maximum atomic E-state index is 12.1. The molecular formula is C13H7OS. The fourth-order valence-corrected chi connectivity index (χ4v) is 2.73. The van der Waals surface area contributed by atoms with Crippen LogP contribution in [0.3, 0.4) is 0 Å². The average Bonchev–Trinajstić information content (AvgIpc) is 2.30. The molecule has 0 aliphatic heterocycles. The summed E-state index contributed by atoms with van der Waals surface area (Å²) in [5.41, 5.74) is 0.0833. The molecule has 0 spiro atoms. The second kappa shape index (κ2) is 3.17. The molecule has 0 atom stereocenters. The minimum absolute atomic E-state index is 0.0833. The molecule has 0 aliphatic carbocycles. The van der Waals surface area contributed by atoms with E-state index in [0.29, 0.717) is 5.39 Å². The summed E-state index contributed by atoms with van der Waals surface area (Å²) in [4.78, 5) is 12.1. The Bertz CT molecular complexity index is 640. The van der Waals surface area contributed by atoms with Crippen molar-refractivity contribution in [2.24, 2.45) is 0 Å². The zero-order valence-electron chi connectivity index (χ0n) is 7.86. The lowest BCUT2D eigenvalue weighted by molar-refractivity contribution is 1.74. The van der Waals surface area contributed by atoms with Gasteiger partial charge in [0, 0.05) is 20.2 Å². The largest absolute Gasteiger partial charge is 0.288 e. The summed E-state index contributed by atoms with van der Waals surface area (Å²) in [5, 5.41) is 1.48. The summed E-state index contributed by atoms with van der Waals surface area (Å²) in [6, 6.07) is 16.4. The van der Waals surface area contributed by atoms with Gasteiger partial charge in [-0.1, -0.05) is 24.3 Å². The number of benzene rings is 2. The molecule has 1 heterocycles. The van der Waals surface area contributed by atoms with Crippen LogP contribution < -0.4 is 5.43 Å². The Morgan fingerprint density at radius 1 is 1.00 bits per heavy atom. The van der Waals surface area contributed by atoms with Crippen molar-refractivity contribution >= 4 is 31.5 Å². The summed E-state index contributed by atoms with van der Waals surface area (Å²) < 4.78 is 2.04. The Morgan fingerprint density at radius 2 is 1.80 bits per heavy atom. The van der Waals surface area contributed by atoms with E-state index in [9.17, 15) is 4.79 Å². The number of hydrogen-bond acceptors (Lipinski definition) is 2. The summed E-state index contributed by atoms with van der Waals surface area (Å²) in [5.74, 6) is 0. The maximum Gasteiger partial charge on any atom is 0.196 e. The normalized spacial score (nSPS) is 10.9. The standard InChI is InChI=1S/C13H7OS/c14-13-9-5-1-3-7-11(9)15-12-8-4-2-6-10(12)13/h1-5,7-8H. The maximum absolute atomic E-state index is 12.1. The summed E-state index contributed by atoms with van der Waals surface area (Å²) in [6.07, 6.45) is 0. The zero-order valence-corrected chi connectivity index (χ0v) is 8.67. The molecule has 3 aromatic rings. The van der Waals surface area contributed by atoms with E-state index in [1.54, 1.807) is 17.4 Å². The van der Waals surface area contributed by atoms with Crippen LogP contribution in [-0.2, 0) is 0 Å². The third-order valence-corrected chi connectivity index (χ3v) is 3.53. The first kappa shape index (κ1) is 8.62. The quantitative estimate of drug-likeness (QED) is 0.522. The van der Waals surface area contributed by atoms with Crippen molar-refractivity contribution in [1.82, 2.24) is 0 Å². The molecule has 71 valence electrons. The molecule has 0 aliphatic rings. The highest BCUT2D eigenvalue weighted by Gasteiger charge is 2.03. The van der Waals surface area contributed by atoms with Crippen molar-refractivity contribution in [3.05, 3.63) is 58.8 Å². The van der Waals surface area contributed by atoms with Gasteiger partial charge in [0.2, 0.25) is 0 Å². The van der Waals surface area contributed by atoms with Gasteiger partial charge in [0.1, 0.15) is 0 Å². The molecule has 3 rings (SSSR count). The van der Waals surface area contributed by atoms with Gasteiger partial charge in [-0.05, 0) is 24.3 Å². The Hall–Kier alpha value is -1.67. The fraction of sp³-hybridized carbons (Fsp3) is 0. The summed E-state index contributed by atoms with van der Waals surface area (Å²) in [7, 11) is 0. The average molecular weight is 211 g/mol. The molecule has 0 bridgehead atoms. The third-order valence-electron chi connectivity index (χ3n) is 2.40. The molecule has 0 fully saturated rings. The first-order valence-corrected chi connectivity index (χ1v) is 5.50. The second-order valence-corrected chi connectivity index (χ2v) is 4.42. The predicted molar refractivity (Wildman–Crippen MR) is 64.4 cm³/mol. The molecule has 0 saturated heterocycles. The van der Waals surface area contributed by atoms with E-state index >= 15 is 0 Å². The van der Waals surface area contributed by atoms with Crippen LogP contribution >= 0.6 is 11.3 Å². The lowest BCUT2D eigenvalue weighted by Crippen LogP contribution is -2.00. The monoisotopic (exact) mass is 211 g/mol. The Morgan fingerprint density at radius 3 is 2.73 bits per heavy atom. The molecule has 2 heteroatoms. The highest BCUT2D eigenvalue weighted by molar-refractivity contribution is 7.24. The fourth-order valence-electron chi connectivity index (χ4n) is 1.68. The lowest BCUT2D eigenvalue weighted by atomic mass is 10.2. The van der Waals surface area contributed by atoms with Gasteiger partial charge in [0.05, 0.1) is 0 Å². The van der Waals surface area contributed by atoms with E-state index in [1.165, 1.54) is 0 Å².